The first kappa shape index (κ1) is 17.4. The van der Waals surface area contributed by atoms with Gasteiger partial charge in [0.2, 0.25) is 0 Å². The van der Waals surface area contributed by atoms with Crippen LogP contribution in [-0.4, -0.2) is 35.7 Å². The average Bonchev–Trinajstić information content (AvgIpc) is 2.42. The second kappa shape index (κ2) is 7.09. The summed E-state index contributed by atoms with van der Waals surface area (Å²) in [7, 11) is 0. The van der Waals surface area contributed by atoms with E-state index in [9.17, 15) is 4.79 Å². The van der Waals surface area contributed by atoms with Gasteiger partial charge in [0.25, 0.3) is 0 Å². The van der Waals surface area contributed by atoms with E-state index < -0.39 is 5.60 Å². The molecule has 1 saturated heterocycles. The SMILES string of the molecule is CC(C)(C)OC(=O)N1CCC(Nc2cc(Cl)ccc2Br)CC1. The van der Waals surface area contributed by atoms with Gasteiger partial charge >= 0.3 is 6.09 Å². The van der Waals surface area contributed by atoms with Crippen LogP contribution in [0.2, 0.25) is 5.02 Å². The van der Waals surface area contributed by atoms with Crippen LogP contribution in [0.1, 0.15) is 33.6 Å². The van der Waals surface area contributed by atoms with Gasteiger partial charge in [-0.1, -0.05) is 11.6 Å². The Labute approximate surface area is 145 Å². The summed E-state index contributed by atoms with van der Waals surface area (Å²) in [5.74, 6) is 0. The predicted octanol–water partition coefficient (Wildman–Crippen LogP) is 4.91. The van der Waals surface area contributed by atoms with E-state index in [1.165, 1.54) is 0 Å². The van der Waals surface area contributed by atoms with Crippen LogP contribution in [-0.2, 0) is 4.74 Å². The van der Waals surface area contributed by atoms with E-state index in [0.29, 0.717) is 24.2 Å². The molecule has 122 valence electrons. The first-order valence-corrected chi connectivity index (χ1v) is 8.61. The highest BCUT2D eigenvalue weighted by Gasteiger charge is 2.26. The normalized spacial score (nSPS) is 16.5. The van der Waals surface area contributed by atoms with Crippen LogP contribution in [0.25, 0.3) is 0 Å². The third-order valence-electron chi connectivity index (χ3n) is 3.43. The van der Waals surface area contributed by atoms with E-state index in [-0.39, 0.29) is 6.09 Å². The Balaban J connectivity index is 1.87. The molecule has 0 atom stereocenters. The van der Waals surface area contributed by atoms with Crippen molar-refractivity contribution in [1.29, 1.82) is 0 Å². The molecule has 4 nitrogen and oxygen atoms in total. The van der Waals surface area contributed by atoms with Crippen molar-refractivity contribution in [2.24, 2.45) is 0 Å². The van der Waals surface area contributed by atoms with Gasteiger partial charge in [-0.15, -0.1) is 0 Å². The van der Waals surface area contributed by atoms with Gasteiger partial charge in [-0.05, 0) is 67.7 Å². The van der Waals surface area contributed by atoms with Crippen LogP contribution in [0, 0.1) is 0 Å². The maximum atomic E-state index is 12.0. The molecule has 1 amide bonds. The third kappa shape index (κ3) is 5.06. The molecule has 0 radical (unpaired) electrons. The van der Waals surface area contributed by atoms with Gasteiger partial charge in [-0.2, -0.15) is 0 Å². The lowest BCUT2D eigenvalue weighted by atomic mass is 10.0. The van der Waals surface area contributed by atoms with Crippen LogP contribution in [0.3, 0.4) is 0 Å². The Morgan fingerprint density at radius 1 is 1.36 bits per heavy atom. The number of carbonyl (C=O) groups is 1. The molecular formula is C16H22BrClN2O2. The van der Waals surface area contributed by atoms with Crippen molar-refractivity contribution in [2.45, 2.75) is 45.3 Å². The summed E-state index contributed by atoms with van der Waals surface area (Å²) in [5, 5.41) is 4.19. The number of rotatable bonds is 2. The van der Waals surface area contributed by atoms with Crippen LogP contribution in [0.4, 0.5) is 10.5 Å². The molecule has 1 aliphatic heterocycles. The summed E-state index contributed by atoms with van der Waals surface area (Å²) >= 11 is 9.55. The number of piperidine rings is 1. The molecule has 1 aliphatic rings. The maximum absolute atomic E-state index is 12.0. The zero-order valence-corrected chi connectivity index (χ0v) is 15.5. The minimum Gasteiger partial charge on any atom is -0.444 e. The van der Waals surface area contributed by atoms with Crippen molar-refractivity contribution < 1.29 is 9.53 Å². The smallest absolute Gasteiger partial charge is 0.410 e. The molecule has 1 heterocycles. The fourth-order valence-corrected chi connectivity index (χ4v) is 2.89. The summed E-state index contributed by atoms with van der Waals surface area (Å²) in [4.78, 5) is 13.8. The van der Waals surface area contributed by atoms with Crippen molar-refractivity contribution >= 4 is 39.3 Å². The third-order valence-corrected chi connectivity index (χ3v) is 4.36. The van der Waals surface area contributed by atoms with E-state index in [1.54, 1.807) is 4.90 Å². The molecule has 1 N–H and O–H groups in total. The van der Waals surface area contributed by atoms with Crippen LogP contribution >= 0.6 is 27.5 Å². The number of halogens is 2. The molecule has 1 fully saturated rings. The van der Waals surface area contributed by atoms with E-state index in [1.807, 2.05) is 39.0 Å². The van der Waals surface area contributed by atoms with Gasteiger partial charge < -0.3 is 15.0 Å². The number of nitrogens with one attached hydrogen (secondary N) is 1. The van der Waals surface area contributed by atoms with Crippen molar-refractivity contribution in [1.82, 2.24) is 4.90 Å². The number of carbonyl (C=O) groups excluding carboxylic acids is 1. The molecule has 0 unspecified atom stereocenters. The van der Waals surface area contributed by atoms with Crippen LogP contribution < -0.4 is 5.32 Å². The maximum Gasteiger partial charge on any atom is 0.410 e. The first-order chi connectivity index (χ1) is 10.2. The van der Waals surface area contributed by atoms with Crippen molar-refractivity contribution in [3.63, 3.8) is 0 Å². The quantitative estimate of drug-likeness (QED) is 0.781. The number of amides is 1. The van der Waals surface area contributed by atoms with Gasteiger partial charge in [0.15, 0.2) is 0 Å². The summed E-state index contributed by atoms with van der Waals surface area (Å²) in [5.41, 5.74) is 0.542. The lowest BCUT2D eigenvalue weighted by molar-refractivity contribution is 0.0210. The van der Waals surface area contributed by atoms with E-state index in [4.69, 9.17) is 16.3 Å². The molecule has 0 bridgehead atoms. The molecule has 2 rings (SSSR count). The lowest BCUT2D eigenvalue weighted by Gasteiger charge is -2.34. The minimum absolute atomic E-state index is 0.227. The molecule has 1 aromatic rings. The molecule has 22 heavy (non-hydrogen) atoms. The summed E-state index contributed by atoms with van der Waals surface area (Å²) in [6.07, 6.45) is 1.55. The number of anilines is 1. The van der Waals surface area contributed by atoms with Crippen LogP contribution in [0.15, 0.2) is 22.7 Å². The second-order valence-corrected chi connectivity index (χ2v) is 7.80. The largest absolute Gasteiger partial charge is 0.444 e. The monoisotopic (exact) mass is 388 g/mol. The van der Waals surface area contributed by atoms with E-state index in [0.717, 1.165) is 23.0 Å². The first-order valence-electron chi connectivity index (χ1n) is 7.44. The van der Waals surface area contributed by atoms with E-state index >= 15 is 0 Å². The fourth-order valence-electron chi connectivity index (χ4n) is 2.36. The van der Waals surface area contributed by atoms with Crippen molar-refractivity contribution in [3.8, 4) is 0 Å². The number of benzene rings is 1. The zero-order chi connectivity index (χ0) is 16.3. The lowest BCUT2D eigenvalue weighted by Crippen LogP contribution is -2.44. The average molecular weight is 390 g/mol. The van der Waals surface area contributed by atoms with Gasteiger partial charge in [0.1, 0.15) is 5.60 Å². The number of hydrogen-bond donors (Lipinski definition) is 1. The summed E-state index contributed by atoms with van der Waals surface area (Å²) in [6, 6.07) is 6.02. The van der Waals surface area contributed by atoms with Gasteiger partial charge in [-0.25, -0.2) is 4.79 Å². The highest BCUT2D eigenvalue weighted by Crippen LogP contribution is 2.28. The Morgan fingerprint density at radius 2 is 2.00 bits per heavy atom. The highest BCUT2D eigenvalue weighted by molar-refractivity contribution is 9.10. The van der Waals surface area contributed by atoms with Crippen LogP contribution in [0.5, 0.6) is 0 Å². The zero-order valence-electron chi connectivity index (χ0n) is 13.2. The molecule has 0 aromatic heterocycles. The Kier molecular flexibility index (Phi) is 5.61. The highest BCUT2D eigenvalue weighted by atomic mass is 79.9. The number of ether oxygens (including phenoxy) is 1. The van der Waals surface area contributed by atoms with Crippen molar-refractivity contribution in [3.05, 3.63) is 27.7 Å². The van der Waals surface area contributed by atoms with Gasteiger partial charge in [0.05, 0.1) is 5.69 Å². The van der Waals surface area contributed by atoms with Gasteiger partial charge in [-0.3, -0.25) is 0 Å². The molecule has 1 aromatic carbocycles. The van der Waals surface area contributed by atoms with Gasteiger partial charge in [0, 0.05) is 28.6 Å². The molecule has 0 spiro atoms. The number of likely N-dealkylation sites (tertiary alicyclic amines) is 1. The standard InChI is InChI=1S/C16H22BrClN2O2/c1-16(2,3)22-15(21)20-8-6-12(7-9-20)19-14-10-11(18)4-5-13(14)17/h4-5,10,12,19H,6-9H2,1-3H3. The predicted molar refractivity (Wildman–Crippen MR) is 93.6 cm³/mol. The van der Waals surface area contributed by atoms with E-state index in [2.05, 4.69) is 21.2 Å². The Hall–Kier alpha value is -0.940. The molecule has 0 saturated carbocycles. The molecular weight excluding hydrogens is 368 g/mol. The fraction of sp³-hybridized carbons (Fsp3) is 0.562. The molecule has 6 heteroatoms. The molecule has 0 aliphatic carbocycles. The number of hydrogen-bond acceptors (Lipinski definition) is 3. The Bertz CT molecular complexity index is 537. The summed E-state index contributed by atoms with van der Waals surface area (Å²) in [6.45, 7) is 7.05. The second-order valence-electron chi connectivity index (χ2n) is 6.51. The Morgan fingerprint density at radius 3 is 2.59 bits per heavy atom. The van der Waals surface area contributed by atoms with Crippen molar-refractivity contribution in [2.75, 3.05) is 18.4 Å². The minimum atomic E-state index is -0.447. The summed E-state index contributed by atoms with van der Waals surface area (Å²) < 4.78 is 6.40. The number of nitrogens with zero attached hydrogens (tertiary/aromatic N) is 1. The topological polar surface area (TPSA) is 41.6 Å².